The molecule has 1 aliphatic heterocycles. The number of rotatable bonds is 11. The predicted molar refractivity (Wildman–Crippen MR) is 181 cm³/mol. The lowest BCUT2D eigenvalue weighted by molar-refractivity contribution is -0.144. The largest absolute Gasteiger partial charge is 0.494 e. The number of nitrogens with zero attached hydrogens (tertiary/aromatic N) is 3. The molecule has 0 spiro atoms. The van der Waals surface area contributed by atoms with Gasteiger partial charge in [-0.05, 0) is 68.7 Å². The number of hydrogen-bond acceptors (Lipinski definition) is 7. The van der Waals surface area contributed by atoms with E-state index in [0.29, 0.717) is 36.9 Å². The van der Waals surface area contributed by atoms with Gasteiger partial charge >= 0.3 is 12.1 Å². The molecule has 254 valence electrons. The Bertz CT molecular complexity index is 1420. The van der Waals surface area contributed by atoms with E-state index in [1.54, 1.807) is 4.90 Å². The monoisotopic (exact) mass is 646 g/mol. The molecule has 10 heteroatoms. The number of hydrogen-bond donors (Lipinski definition) is 2. The fraction of sp³-hybridized carbons (Fsp3) is 0.568. The molecule has 2 aliphatic carbocycles. The van der Waals surface area contributed by atoms with Gasteiger partial charge in [0.2, 0.25) is 11.9 Å². The first-order valence-corrected chi connectivity index (χ1v) is 17.3. The van der Waals surface area contributed by atoms with Crippen LogP contribution in [0.5, 0.6) is 5.75 Å². The van der Waals surface area contributed by atoms with Gasteiger partial charge in [-0.15, -0.1) is 0 Å². The molecule has 2 fully saturated rings. The lowest BCUT2D eigenvalue weighted by Gasteiger charge is -2.42. The summed E-state index contributed by atoms with van der Waals surface area (Å²) in [4.78, 5) is 47.2. The zero-order chi connectivity index (χ0) is 33.4. The maximum atomic E-state index is 13.1. The molecule has 2 aromatic rings. The summed E-state index contributed by atoms with van der Waals surface area (Å²) >= 11 is 0. The minimum Gasteiger partial charge on any atom is -0.494 e. The van der Waals surface area contributed by atoms with Crippen molar-refractivity contribution in [2.24, 2.45) is 4.99 Å². The number of carboxylic acids is 1. The van der Waals surface area contributed by atoms with Crippen LogP contribution in [0.4, 0.5) is 10.5 Å². The van der Waals surface area contributed by atoms with E-state index in [2.05, 4.69) is 5.32 Å². The van der Waals surface area contributed by atoms with Crippen LogP contribution in [0.25, 0.3) is 0 Å². The highest BCUT2D eigenvalue weighted by molar-refractivity contribution is 5.98. The third-order valence-electron chi connectivity index (χ3n) is 10.00. The zero-order valence-corrected chi connectivity index (χ0v) is 28.1. The number of carbonyl (C=O) groups excluding carboxylic acids is 2. The van der Waals surface area contributed by atoms with Crippen molar-refractivity contribution in [2.75, 3.05) is 13.7 Å². The highest BCUT2D eigenvalue weighted by Crippen LogP contribution is 2.36. The quantitative estimate of drug-likeness (QED) is 0.254. The van der Waals surface area contributed by atoms with Gasteiger partial charge < -0.3 is 24.4 Å². The summed E-state index contributed by atoms with van der Waals surface area (Å²) in [6.45, 7) is 4.35. The second-order valence-corrected chi connectivity index (χ2v) is 13.7. The summed E-state index contributed by atoms with van der Waals surface area (Å²) < 4.78 is 11.8. The standard InChI is InChI=1S/C37H50N4O6/c1-37(2,27-14-7-4-8-15-27)33(34(43)44)41-25-26-24-30(46-23-13-20-32(42)40(3)28-16-9-5-10-17-28)21-22-31(26)38-35(41)39-36(45)47-29-18-11-6-12-19-29/h4,7-8,14-15,21-22,24,28-29,33H,5-6,9-13,16-20,23,25H2,1-3H3,(H,43,44)(H,38,39,45). The average molecular weight is 647 g/mol. The zero-order valence-electron chi connectivity index (χ0n) is 28.1. The summed E-state index contributed by atoms with van der Waals surface area (Å²) in [5, 5.41) is 13.5. The van der Waals surface area contributed by atoms with Crippen LogP contribution >= 0.6 is 0 Å². The maximum absolute atomic E-state index is 13.1. The smallest absolute Gasteiger partial charge is 0.414 e. The molecule has 3 aliphatic rings. The van der Waals surface area contributed by atoms with Crippen molar-refractivity contribution >= 4 is 29.6 Å². The van der Waals surface area contributed by atoms with Crippen LogP contribution in [-0.4, -0.2) is 70.7 Å². The number of aliphatic carboxylic acids is 1. The molecule has 2 N–H and O–H groups in total. The van der Waals surface area contributed by atoms with Crippen LogP contribution in [0, 0.1) is 0 Å². The molecule has 2 saturated carbocycles. The van der Waals surface area contributed by atoms with Gasteiger partial charge in [-0.3, -0.25) is 10.1 Å². The number of alkyl carbamates (subject to hydrolysis) is 1. The van der Waals surface area contributed by atoms with E-state index in [4.69, 9.17) is 14.5 Å². The first-order valence-electron chi connectivity index (χ1n) is 17.3. The number of guanidine groups is 1. The van der Waals surface area contributed by atoms with Crippen LogP contribution in [0.2, 0.25) is 0 Å². The van der Waals surface area contributed by atoms with E-state index in [-0.39, 0.29) is 24.5 Å². The van der Waals surface area contributed by atoms with Crippen molar-refractivity contribution in [3.63, 3.8) is 0 Å². The number of aliphatic imine (C=N–C) groups is 1. The lowest BCUT2D eigenvalue weighted by Crippen LogP contribution is -2.59. The van der Waals surface area contributed by atoms with Gasteiger partial charge in [0.25, 0.3) is 0 Å². The van der Waals surface area contributed by atoms with Crippen LogP contribution in [0.1, 0.15) is 102 Å². The highest BCUT2D eigenvalue weighted by atomic mass is 16.6. The van der Waals surface area contributed by atoms with E-state index >= 15 is 0 Å². The molecule has 1 unspecified atom stereocenters. The van der Waals surface area contributed by atoms with Gasteiger partial charge in [-0.25, -0.2) is 14.6 Å². The van der Waals surface area contributed by atoms with Crippen LogP contribution in [0.3, 0.4) is 0 Å². The molecule has 1 heterocycles. The van der Waals surface area contributed by atoms with E-state index in [0.717, 1.165) is 56.1 Å². The molecule has 0 bridgehead atoms. The van der Waals surface area contributed by atoms with Crippen LogP contribution < -0.4 is 10.1 Å². The van der Waals surface area contributed by atoms with Crippen LogP contribution in [0.15, 0.2) is 53.5 Å². The Hall–Kier alpha value is -4.08. The van der Waals surface area contributed by atoms with Crippen LogP contribution in [-0.2, 0) is 26.3 Å². The first-order chi connectivity index (χ1) is 22.6. The van der Waals surface area contributed by atoms with Gasteiger partial charge in [-0.1, -0.05) is 69.9 Å². The van der Waals surface area contributed by atoms with Gasteiger partial charge in [0.05, 0.1) is 12.3 Å². The van der Waals surface area contributed by atoms with Gasteiger partial charge in [0, 0.05) is 37.0 Å². The molecule has 0 radical (unpaired) electrons. The number of fused-ring (bicyclic) bond motifs is 1. The van der Waals surface area contributed by atoms with E-state index in [9.17, 15) is 19.5 Å². The Kier molecular flexibility index (Phi) is 11.4. The maximum Gasteiger partial charge on any atom is 0.414 e. The summed E-state index contributed by atoms with van der Waals surface area (Å²) in [7, 11) is 1.91. The minimum absolute atomic E-state index is 0.143. The minimum atomic E-state index is -1.07. The van der Waals surface area contributed by atoms with Crippen molar-refractivity contribution in [1.29, 1.82) is 0 Å². The number of amides is 2. The molecule has 2 aromatic carbocycles. The highest BCUT2D eigenvalue weighted by Gasteiger charge is 2.44. The Morgan fingerprint density at radius 3 is 2.36 bits per heavy atom. The van der Waals surface area contributed by atoms with E-state index < -0.39 is 23.5 Å². The molecular formula is C37H50N4O6. The Labute approximate surface area is 278 Å². The van der Waals surface area contributed by atoms with Crippen molar-refractivity contribution in [3.05, 3.63) is 59.7 Å². The predicted octanol–water partition coefficient (Wildman–Crippen LogP) is 6.93. The number of carboxylic acid groups (broad SMARTS) is 1. The second kappa shape index (κ2) is 15.7. The molecule has 47 heavy (non-hydrogen) atoms. The van der Waals surface area contributed by atoms with Gasteiger partial charge in [-0.2, -0.15) is 0 Å². The van der Waals surface area contributed by atoms with Crippen molar-refractivity contribution in [1.82, 2.24) is 15.1 Å². The van der Waals surface area contributed by atoms with E-state index in [1.807, 2.05) is 74.3 Å². The lowest BCUT2D eigenvalue weighted by atomic mass is 9.76. The van der Waals surface area contributed by atoms with Crippen molar-refractivity contribution in [2.45, 2.75) is 121 Å². The molecule has 5 rings (SSSR count). The number of nitrogens with one attached hydrogen (secondary N) is 1. The summed E-state index contributed by atoms with van der Waals surface area (Å²) in [6, 6.07) is 14.3. The summed E-state index contributed by atoms with van der Waals surface area (Å²) in [5.41, 5.74) is 1.39. The molecule has 10 nitrogen and oxygen atoms in total. The topological polar surface area (TPSA) is 121 Å². The Morgan fingerprint density at radius 2 is 1.68 bits per heavy atom. The van der Waals surface area contributed by atoms with Crippen molar-refractivity contribution < 1.29 is 29.0 Å². The number of ether oxygens (including phenoxy) is 2. The summed E-state index contributed by atoms with van der Waals surface area (Å²) in [6.07, 6.45) is 10.8. The molecule has 0 aromatic heterocycles. The van der Waals surface area contributed by atoms with E-state index in [1.165, 1.54) is 19.3 Å². The second-order valence-electron chi connectivity index (χ2n) is 13.7. The molecular weight excluding hydrogens is 596 g/mol. The third kappa shape index (κ3) is 8.64. The molecule has 1 atom stereocenters. The Balaban J connectivity index is 1.31. The fourth-order valence-corrected chi connectivity index (χ4v) is 7.21. The van der Waals surface area contributed by atoms with Gasteiger partial charge in [0.15, 0.2) is 0 Å². The summed E-state index contributed by atoms with van der Waals surface area (Å²) in [5.74, 6) is -0.121. The average Bonchev–Trinajstić information content (AvgIpc) is 3.07. The normalized spacial score (nSPS) is 18.0. The Morgan fingerprint density at radius 1 is 1.00 bits per heavy atom. The third-order valence-corrected chi connectivity index (χ3v) is 10.00. The van der Waals surface area contributed by atoms with Gasteiger partial charge in [0.1, 0.15) is 17.9 Å². The molecule has 0 saturated heterocycles. The first kappa shape index (κ1) is 34.3. The number of carbonyl (C=O) groups is 3. The molecule has 2 amide bonds. The fourth-order valence-electron chi connectivity index (χ4n) is 7.21. The number of benzene rings is 2. The van der Waals surface area contributed by atoms with Crippen molar-refractivity contribution in [3.8, 4) is 5.75 Å². The SMILES string of the molecule is CN(C(=O)CCCOc1ccc2c(c1)CN(C(C(=O)O)C(C)(C)c1ccccc1)C(NC(=O)OC1CCCCC1)=N2)C1CCCCC1.